The predicted molar refractivity (Wildman–Crippen MR) is 74.0 cm³/mol. The van der Waals surface area contributed by atoms with E-state index in [0.29, 0.717) is 5.75 Å². The normalized spacial score (nSPS) is 10.4. The highest BCUT2D eigenvalue weighted by molar-refractivity contribution is 7.14. The van der Waals surface area contributed by atoms with Crippen LogP contribution in [-0.2, 0) is 13.0 Å². The molecule has 0 bridgehead atoms. The molecular formula is C14H15NO3S. The number of carboxylic acid groups (broad SMARTS) is 1. The molecule has 0 saturated carbocycles. The smallest absolute Gasteiger partial charge is 0.349 e. The molecule has 0 atom stereocenters. The summed E-state index contributed by atoms with van der Waals surface area (Å²) in [4.78, 5) is 16.6. The zero-order chi connectivity index (χ0) is 13.8. The number of nitrogens with zero attached hydrogens (tertiary/aromatic N) is 1. The summed E-state index contributed by atoms with van der Waals surface area (Å²) in [7, 11) is 0. The van der Waals surface area contributed by atoms with Gasteiger partial charge in [0, 0.05) is 11.1 Å². The molecule has 2 aromatic rings. The maximum Gasteiger partial charge on any atom is 0.349 e. The summed E-state index contributed by atoms with van der Waals surface area (Å²) < 4.78 is 5.61. The van der Waals surface area contributed by atoms with Gasteiger partial charge >= 0.3 is 5.97 Å². The number of aromatic carboxylic acids is 1. The molecule has 19 heavy (non-hydrogen) atoms. The molecule has 2 aromatic heterocycles. The molecule has 0 aliphatic heterocycles. The van der Waals surface area contributed by atoms with Gasteiger partial charge in [-0.3, -0.25) is 4.98 Å². The van der Waals surface area contributed by atoms with Crippen LogP contribution in [0.1, 0.15) is 32.7 Å². The van der Waals surface area contributed by atoms with Crippen molar-refractivity contribution in [1.82, 2.24) is 4.98 Å². The van der Waals surface area contributed by atoms with Crippen molar-refractivity contribution in [2.24, 2.45) is 0 Å². The first-order valence-electron chi connectivity index (χ1n) is 6.01. The van der Waals surface area contributed by atoms with Crippen LogP contribution in [0, 0.1) is 6.92 Å². The van der Waals surface area contributed by atoms with Crippen LogP contribution in [0.2, 0.25) is 0 Å². The van der Waals surface area contributed by atoms with Crippen LogP contribution >= 0.6 is 11.3 Å². The summed E-state index contributed by atoms with van der Waals surface area (Å²) in [6.45, 7) is 4.23. The van der Waals surface area contributed by atoms with Gasteiger partial charge in [-0.15, -0.1) is 11.3 Å². The van der Waals surface area contributed by atoms with Gasteiger partial charge in [-0.1, -0.05) is 13.0 Å². The lowest BCUT2D eigenvalue weighted by Crippen LogP contribution is -2.03. The van der Waals surface area contributed by atoms with E-state index in [1.807, 2.05) is 26.0 Å². The lowest BCUT2D eigenvalue weighted by atomic mass is 10.2. The standard InChI is InChI=1S/C14H15NO3S/c1-3-10-7-12(13(19-10)14(16)17)18-8-11-9(2)5-4-6-15-11/h4-7H,3,8H2,1-2H3,(H,16,17). The quantitative estimate of drug-likeness (QED) is 0.911. The highest BCUT2D eigenvalue weighted by Gasteiger charge is 2.16. The molecule has 0 amide bonds. The van der Waals surface area contributed by atoms with Gasteiger partial charge in [0.05, 0.1) is 5.69 Å². The molecule has 2 heterocycles. The van der Waals surface area contributed by atoms with Crippen LogP contribution in [0.5, 0.6) is 5.75 Å². The maximum atomic E-state index is 11.1. The fourth-order valence-corrected chi connectivity index (χ4v) is 2.55. The predicted octanol–water partition coefficient (Wildman–Crippen LogP) is 3.29. The van der Waals surface area contributed by atoms with E-state index in [9.17, 15) is 4.79 Å². The second-order valence-corrected chi connectivity index (χ2v) is 5.26. The van der Waals surface area contributed by atoms with E-state index in [0.717, 1.165) is 22.6 Å². The van der Waals surface area contributed by atoms with Crippen molar-refractivity contribution < 1.29 is 14.6 Å². The number of aryl methyl sites for hydroxylation is 2. The summed E-state index contributed by atoms with van der Waals surface area (Å²) in [5, 5.41) is 9.14. The molecule has 2 rings (SSSR count). The van der Waals surface area contributed by atoms with Gasteiger partial charge in [-0.25, -0.2) is 4.79 Å². The van der Waals surface area contributed by atoms with Crippen molar-refractivity contribution in [3.63, 3.8) is 0 Å². The first-order chi connectivity index (χ1) is 9.11. The molecule has 1 N–H and O–H groups in total. The van der Waals surface area contributed by atoms with Crippen molar-refractivity contribution in [2.75, 3.05) is 0 Å². The highest BCUT2D eigenvalue weighted by atomic mass is 32.1. The van der Waals surface area contributed by atoms with E-state index in [-0.39, 0.29) is 11.5 Å². The molecule has 0 aromatic carbocycles. The third kappa shape index (κ3) is 3.12. The Morgan fingerprint density at radius 2 is 2.32 bits per heavy atom. The van der Waals surface area contributed by atoms with Gasteiger partial charge in [0.25, 0.3) is 0 Å². The minimum atomic E-state index is -0.947. The van der Waals surface area contributed by atoms with E-state index >= 15 is 0 Å². The molecule has 5 heteroatoms. The Morgan fingerprint density at radius 1 is 1.53 bits per heavy atom. The van der Waals surface area contributed by atoms with Gasteiger partial charge in [-0.05, 0) is 31.0 Å². The first kappa shape index (κ1) is 13.5. The number of ether oxygens (including phenoxy) is 1. The number of rotatable bonds is 5. The summed E-state index contributed by atoms with van der Waals surface area (Å²) in [6.07, 6.45) is 2.51. The van der Waals surface area contributed by atoms with E-state index in [1.165, 1.54) is 11.3 Å². The number of pyridine rings is 1. The monoisotopic (exact) mass is 277 g/mol. The zero-order valence-electron chi connectivity index (χ0n) is 10.8. The summed E-state index contributed by atoms with van der Waals surface area (Å²) in [5.41, 5.74) is 1.86. The number of carbonyl (C=O) groups is 1. The molecule has 0 fully saturated rings. The number of hydrogen-bond donors (Lipinski definition) is 1. The second kappa shape index (κ2) is 5.84. The SMILES string of the molecule is CCc1cc(OCc2ncccc2C)c(C(=O)O)s1. The third-order valence-corrected chi connectivity index (χ3v) is 4.02. The maximum absolute atomic E-state index is 11.1. The molecule has 0 saturated heterocycles. The van der Waals surface area contributed by atoms with Crippen molar-refractivity contribution in [3.05, 3.63) is 45.4 Å². The van der Waals surface area contributed by atoms with Gasteiger partial charge in [0.15, 0.2) is 4.88 Å². The molecular weight excluding hydrogens is 262 g/mol. The Bertz CT molecular complexity index is 592. The van der Waals surface area contributed by atoms with Crippen LogP contribution in [0.4, 0.5) is 0 Å². The molecule has 0 aliphatic carbocycles. The molecule has 0 spiro atoms. The molecule has 0 unspecified atom stereocenters. The van der Waals surface area contributed by atoms with Crippen molar-refractivity contribution >= 4 is 17.3 Å². The van der Waals surface area contributed by atoms with Crippen LogP contribution in [0.3, 0.4) is 0 Å². The highest BCUT2D eigenvalue weighted by Crippen LogP contribution is 2.30. The van der Waals surface area contributed by atoms with Crippen LogP contribution < -0.4 is 4.74 Å². The Labute approximate surface area is 115 Å². The summed E-state index contributed by atoms with van der Waals surface area (Å²) in [5.74, 6) is -0.517. The van der Waals surface area contributed by atoms with Crippen LogP contribution in [0.25, 0.3) is 0 Å². The fraction of sp³-hybridized carbons (Fsp3) is 0.286. The molecule has 100 valence electrons. The summed E-state index contributed by atoms with van der Waals surface area (Å²) in [6, 6.07) is 5.61. The van der Waals surface area contributed by atoms with Crippen LogP contribution in [0.15, 0.2) is 24.4 Å². The Morgan fingerprint density at radius 3 is 2.95 bits per heavy atom. The second-order valence-electron chi connectivity index (χ2n) is 4.12. The van der Waals surface area contributed by atoms with Crippen molar-refractivity contribution in [1.29, 1.82) is 0 Å². The lowest BCUT2D eigenvalue weighted by Gasteiger charge is -2.06. The lowest BCUT2D eigenvalue weighted by molar-refractivity contribution is 0.0697. The third-order valence-electron chi connectivity index (χ3n) is 2.77. The number of carboxylic acids is 1. The number of thiophene rings is 1. The van der Waals surface area contributed by atoms with E-state index < -0.39 is 5.97 Å². The molecule has 0 aliphatic rings. The largest absolute Gasteiger partial charge is 0.485 e. The van der Waals surface area contributed by atoms with Crippen LogP contribution in [-0.4, -0.2) is 16.1 Å². The van der Waals surface area contributed by atoms with Crippen molar-refractivity contribution in [2.45, 2.75) is 26.9 Å². The Kier molecular flexibility index (Phi) is 4.16. The van der Waals surface area contributed by atoms with Crippen molar-refractivity contribution in [3.8, 4) is 5.75 Å². The van der Waals surface area contributed by atoms with E-state index in [4.69, 9.17) is 9.84 Å². The zero-order valence-corrected chi connectivity index (χ0v) is 11.7. The van der Waals surface area contributed by atoms with E-state index in [1.54, 1.807) is 12.3 Å². The Hall–Kier alpha value is -1.88. The first-order valence-corrected chi connectivity index (χ1v) is 6.82. The summed E-state index contributed by atoms with van der Waals surface area (Å²) >= 11 is 1.26. The molecule has 0 radical (unpaired) electrons. The average Bonchev–Trinajstić information content (AvgIpc) is 2.81. The van der Waals surface area contributed by atoms with Gasteiger partial charge in [0.2, 0.25) is 0 Å². The minimum absolute atomic E-state index is 0.255. The van der Waals surface area contributed by atoms with Gasteiger partial charge in [-0.2, -0.15) is 0 Å². The topological polar surface area (TPSA) is 59.4 Å². The minimum Gasteiger partial charge on any atom is -0.485 e. The number of hydrogen-bond acceptors (Lipinski definition) is 4. The fourth-order valence-electron chi connectivity index (χ4n) is 1.67. The van der Waals surface area contributed by atoms with Gasteiger partial charge < -0.3 is 9.84 Å². The number of aromatic nitrogens is 1. The Balaban J connectivity index is 2.17. The van der Waals surface area contributed by atoms with E-state index in [2.05, 4.69) is 4.98 Å². The average molecular weight is 277 g/mol. The van der Waals surface area contributed by atoms with Gasteiger partial charge in [0.1, 0.15) is 12.4 Å². The molecule has 4 nitrogen and oxygen atoms in total.